The van der Waals surface area contributed by atoms with Gasteiger partial charge in [-0.3, -0.25) is 4.79 Å². The zero-order chi connectivity index (χ0) is 16.2. The summed E-state index contributed by atoms with van der Waals surface area (Å²) in [6.45, 7) is 0. The molecule has 0 fully saturated rings. The zero-order valence-electron chi connectivity index (χ0n) is 13.0. The van der Waals surface area contributed by atoms with Gasteiger partial charge in [0.15, 0.2) is 0 Å². The predicted octanol–water partition coefficient (Wildman–Crippen LogP) is 4.70. The van der Waals surface area contributed by atoms with Crippen molar-refractivity contribution < 1.29 is 9.53 Å². The first-order valence-corrected chi connectivity index (χ1v) is 8.10. The van der Waals surface area contributed by atoms with Crippen LogP contribution in [0.3, 0.4) is 0 Å². The van der Waals surface area contributed by atoms with Gasteiger partial charge >= 0.3 is 0 Å². The lowest BCUT2D eigenvalue weighted by Crippen LogP contribution is -2.02. The Morgan fingerprint density at radius 3 is 2.35 bits per heavy atom. The molecule has 0 spiro atoms. The quantitative estimate of drug-likeness (QED) is 0.692. The first-order chi connectivity index (χ1) is 11.2. The van der Waals surface area contributed by atoms with Gasteiger partial charge in [-0.1, -0.05) is 30.3 Å². The molecule has 3 aromatic rings. The Bertz CT molecular complexity index is 807. The molecule has 4 heteroatoms. The Kier molecular flexibility index (Phi) is 4.44. The highest BCUT2D eigenvalue weighted by molar-refractivity contribution is 7.18. The number of ether oxygens (including phenoxy) is 1. The van der Waals surface area contributed by atoms with Crippen molar-refractivity contribution in [1.29, 1.82) is 0 Å². The third-order valence-corrected chi connectivity index (χ3v) is 4.80. The molecule has 3 nitrogen and oxygen atoms in total. The smallest absolute Gasteiger partial charge is 0.205 e. The molecule has 0 unspecified atom stereocenters. The molecule has 0 atom stereocenters. The Hall–Kier alpha value is -2.59. The van der Waals surface area contributed by atoms with E-state index in [0.29, 0.717) is 5.56 Å². The van der Waals surface area contributed by atoms with Crippen LogP contribution >= 0.6 is 11.3 Å². The lowest BCUT2D eigenvalue weighted by molar-refractivity contribution is 0.104. The van der Waals surface area contributed by atoms with E-state index in [-0.39, 0.29) is 5.78 Å². The third kappa shape index (κ3) is 3.12. The van der Waals surface area contributed by atoms with Crippen molar-refractivity contribution in [2.45, 2.75) is 0 Å². The third-order valence-electron chi connectivity index (χ3n) is 3.62. The summed E-state index contributed by atoms with van der Waals surface area (Å²) in [4.78, 5) is 14.6. The molecule has 0 saturated heterocycles. The lowest BCUT2D eigenvalue weighted by Gasteiger charge is -2.04. The van der Waals surface area contributed by atoms with Crippen molar-refractivity contribution in [3.8, 4) is 16.2 Å². The van der Waals surface area contributed by atoms with E-state index in [2.05, 4.69) is 5.32 Å². The number of nitrogens with one attached hydrogen (secondary N) is 1. The van der Waals surface area contributed by atoms with Gasteiger partial charge in [0.1, 0.15) is 5.75 Å². The van der Waals surface area contributed by atoms with E-state index in [0.717, 1.165) is 26.8 Å². The molecule has 0 aliphatic rings. The highest BCUT2D eigenvalue weighted by Gasteiger charge is 2.18. The van der Waals surface area contributed by atoms with Gasteiger partial charge < -0.3 is 10.1 Å². The van der Waals surface area contributed by atoms with Gasteiger partial charge in [-0.25, -0.2) is 0 Å². The molecule has 0 amide bonds. The summed E-state index contributed by atoms with van der Waals surface area (Å²) in [5.74, 6) is 0.760. The monoisotopic (exact) mass is 323 g/mol. The van der Waals surface area contributed by atoms with Crippen LogP contribution in [0, 0.1) is 0 Å². The maximum atomic E-state index is 12.8. The molecule has 23 heavy (non-hydrogen) atoms. The van der Waals surface area contributed by atoms with Crippen LogP contribution in [-0.4, -0.2) is 19.9 Å². The molecule has 2 aromatic carbocycles. The van der Waals surface area contributed by atoms with Crippen LogP contribution in [0.2, 0.25) is 0 Å². The van der Waals surface area contributed by atoms with Crippen LogP contribution in [0.4, 0.5) is 5.69 Å². The second-order valence-electron chi connectivity index (χ2n) is 5.03. The first kappa shape index (κ1) is 15.3. The van der Waals surface area contributed by atoms with Crippen molar-refractivity contribution in [2.24, 2.45) is 0 Å². The molecule has 1 aromatic heterocycles. The Balaban J connectivity index is 1.98. The summed E-state index contributed by atoms with van der Waals surface area (Å²) in [5.41, 5.74) is 2.63. The van der Waals surface area contributed by atoms with Crippen molar-refractivity contribution in [2.75, 3.05) is 19.5 Å². The standard InChI is InChI=1S/C19H17NO2S/c1-20-16-12-17(13-6-4-3-5-7-13)23-19(16)18(21)14-8-10-15(22-2)11-9-14/h3-12,20H,1-2H3. The second kappa shape index (κ2) is 6.67. The Labute approximate surface area is 139 Å². The summed E-state index contributed by atoms with van der Waals surface area (Å²) in [6, 6.07) is 19.3. The summed E-state index contributed by atoms with van der Waals surface area (Å²) in [6.07, 6.45) is 0. The Morgan fingerprint density at radius 1 is 1.04 bits per heavy atom. The molecule has 116 valence electrons. The van der Waals surface area contributed by atoms with E-state index in [1.54, 1.807) is 31.4 Å². The minimum atomic E-state index is 0.0178. The van der Waals surface area contributed by atoms with Gasteiger partial charge in [0.2, 0.25) is 5.78 Å². The van der Waals surface area contributed by atoms with Crippen LogP contribution in [0.15, 0.2) is 60.7 Å². The first-order valence-electron chi connectivity index (χ1n) is 7.28. The average Bonchev–Trinajstić information content (AvgIpc) is 3.06. The Morgan fingerprint density at radius 2 is 1.74 bits per heavy atom. The topological polar surface area (TPSA) is 38.3 Å². The number of ketones is 1. The van der Waals surface area contributed by atoms with Gasteiger partial charge in [-0.05, 0) is 35.9 Å². The molecular weight excluding hydrogens is 306 g/mol. The number of hydrogen-bond donors (Lipinski definition) is 1. The van der Waals surface area contributed by atoms with Crippen molar-refractivity contribution >= 4 is 22.8 Å². The van der Waals surface area contributed by atoms with Gasteiger partial charge in [0.05, 0.1) is 17.7 Å². The molecule has 0 aliphatic heterocycles. The largest absolute Gasteiger partial charge is 0.497 e. The minimum absolute atomic E-state index is 0.0178. The van der Waals surface area contributed by atoms with Gasteiger partial charge in [0.25, 0.3) is 0 Å². The highest BCUT2D eigenvalue weighted by atomic mass is 32.1. The van der Waals surface area contributed by atoms with E-state index in [9.17, 15) is 4.79 Å². The zero-order valence-corrected chi connectivity index (χ0v) is 13.8. The number of carbonyl (C=O) groups excluding carboxylic acids is 1. The van der Waals surface area contributed by atoms with Crippen LogP contribution in [0.25, 0.3) is 10.4 Å². The fraction of sp³-hybridized carbons (Fsp3) is 0.105. The fourth-order valence-electron chi connectivity index (χ4n) is 2.36. The number of thiophene rings is 1. The van der Waals surface area contributed by atoms with E-state index < -0.39 is 0 Å². The van der Waals surface area contributed by atoms with E-state index >= 15 is 0 Å². The molecule has 1 N–H and O–H groups in total. The summed E-state index contributed by atoms with van der Waals surface area (Å²) in [5, 5.41) is 3.12. The van der Waals surface area contributed by atoms with Crippen molar-refractivity contribution in [3.63, 3.8) is 0 Å². The van der Waals surface area contributed by atoms with E-state index in [4.69, 9.17) is 4.74 Å². The average molecular weight is 323 g/mol. The number of carbonyl (C=O) groups is 1. The fourth-order valence-corrected chi connectivity index (χ4v) is 3.50. The van der Waals surface area contributed by atoms with Crippen LogP contribution < -0.4 is 10.1 Å². The maximum absolute atomic E-state index is 12.8. The molecule has 3 rings (SSSR count). The molecule has 0 radical (unpaired) electrons. The van der Waals surface area contributed by atoms with E-state index in [1.807, 2.05) is 43.4 Å². The molecule has 0 bridgehead atoms. The summed E-state index contributed by atoms with van der Waals surface area (Å²) in [7, 11) is 3.45. The van der Waals surface area contributed by atoms with Crippen LogP contribution in [0.1, 0.15) is 15.2 Å². The molecule has 0 saturated carbocycles. The SMILES string of the molecule is CNc1cc(-c2ccccc2)sc1C(=O)c1ccc(OC)cc1. The second-order valence-corrected chi connectivity index (χ2v) is 6.08. The van der Waals surface area contributed by atoms with E-state index in [1.165, 1.54) is 11.3 Å². The van der Waals surface area contributed by atoms with Crippen molar-refractivity contribution in [3.05, 3.63) is 71.1 Å². The number of methoxy groups -OCH3 is 1. The molecule has 1 heterocycles. The van der Waals surface area contributed by atoms with Gasteiger partial charge in [0, 0.05) is 17.5 Å². The number of benzene rings is 2. The van der Waals surface area contributed by atoms with Crippen LogP contribution in [0.5, 0.6) is 5.75 Å². The number of rotatable bonds is 5. The number of anilines is 1. The summed E-state index contributed by atoms with van der Waals surface area (Å²) >= 11 is 1.51. The maximum Gasteiger partial charge on any atom is 0.205 e. The van der Waals surface area contributed by atoms with Crippen LogP contribution in [-0.2, 0) is 0 Å². The molecule has 0 aliphatic carbocycles. The van der Waals surface area contributed by atoms with Crippen molar-refractivity contribution in [1.82, 2.24) is 0 Å². The minimum Gasteiger partial charge on any atom is -0.497 e. The van der Waals surface area contributed by atoms with Gasteiger partial charge in [-0.2, -0.15) is 0 Å². The van der Waals surface area contributed by atoms with Gasteiger partial charge in [-0.15, -0.1) is 11.3 Å². The normalized spacial score (nSPS) is 10.3. The highest BCUT2D eigenvalue weighted by Crippen LogP contribution is 2.36. The summed E-state index contributed by atoms with van der Waals surface area (Å²) < 4.78 is 5.14. The number of hydrogen-bond acceptors (Lipinski definition) is 4. The molecular formula is C19H17NO2S. The lowest BCUT2D eigenvalue weighted by atomic mass is 10.1. The predicted molar refractivity (Wildman–Crippen MR) is 95.7 cm³/mol.